The van der Waals surface area contributed by atoms with Gasteiger partial charge in [0.15, 0.2) is 11.6 Å². The summed E-state index contributed by atoms with van der Waals surface area (Å²) in [6, 6.07) is 101. The Hall–Kier alpha value is -13.8. The smallest absolute Gasteiger partial charge is 1.00 e. The molecule has 14 rings (SSSR count). The number of epoxide rings is 2. The van der Waals surface area contributed by atoms with Crippen molar-refractivity contribution in [1.82, 2.24) is 21.3 Å². The fourth-order valence-electron chi connectivity index (χ4n) is 13.5. The van der Waals surface area contributed by atoms with Gasteiger partial charge in [0.1, 0.15) is 35.4 Å². The fraction of sp³-hybridized carbons (Fsp3) is 0.241. The normalized spacial score (nSPS) is 14.3. The number of carbonyl (C=O) groups is 10. The SMILES string of the molecule is C.C.CC(C)C[C@H](N)C(=O)[C@@]1(C)CO1.CC(C)C[C@H](NC(=O)[C@H](Cc1ccccc1)NC(=O)c1ccc(-c2ccccc2)cc1)C(=O)[C@@]1(C)CO1.N#N.N[C@@H](Cc1ccccc1)C(=O)O.O=C(N[C@@H](Cc1ccccc1)C(=O)O)c1ccc(-c2ccccc2)cc1.O=C(N[C@@H](Cc1ccccc1)C(=O)O)c1ccc(-c2ccccc2)cc1.O=C(O)c1ccc(-c2ccccc2)cc1.O=O.[H-].[K+]. The van der Waals surface area contributed by atoms with Crippen molar-refractivity contribution in [1.29, 1.82) is 10.8 Å². The minimum absolute atomic E-state index is 0. The second-order valence-corrected chi connectivity index (χ2v) is 32.2. The van der Waals surface area contributed by atoms with Gasteiger partial charge in [-0.15, -0.1) is 0 Å². The molecule has 4 amide bonds. The number of nitrogens with one attached hydrogen (secondary N) is 4. The number of benzene rings is 12. The van der Waals surface area contributed by atoms with Crippen molar-refractivity contribution >= 4 is 59.1 Å². The second-order valence-electron chi connectivity index (χ2n) is 32.2. The average molecular weight is 1860 g/mol. The molecule has 12 aromatic carbocycles. The number of carboxylic acids is 4. The number of aliphatic carboxylic acids is 3. The first-order chi connectivity index (χ1) is 63.4. The summed E-state index contributed by atoms with van der Waals surface area (Å²) < 4.78 is 10.4. The Morgan fingerprint density at radius 2 is 0.548 bits per heavy atom. The zero-order valence-electron chi connectivity index (χ0n) is 76.2. The Morgan fingerprint density at radius 1 is 0.319 bits per heavy atom. The molecule has 26 nitrogen and oxygen atoms in total. The summed E-state index contributed by atoms with van der Waals surface area (Å²) in [5.41, 5.74) is 23.2. The number of carboxylic acid groups (broad SMARTS) is 4. The van der Waals surface area contributed by atoms with Crippen molar-refractivity contribution in [3.05, 3.63) is 394 Å². The molecule has 8 atom stereocenters. The van der Waals surface area contributed by atoms with Crippen LogP contribution in [-0.2, 0) is 63.9 Å². The van der Waals surface area contributed by atoms with E-state index in [9.17, 15) is 58.2 Å². The molecule has 700 valence electrons. The zero-order valence-corrected chi connectivity index (χ0v) is 78.3. The van der Waals surface area contributed by atoms with Crippen LogP contribution in [0.1, 0.15) is 134 Å². The number of rotatable bonds is 32. The quantitative estimate of drug-likeness (QED) is 0.0106. The van der Waals surface area contributed by atoms with Gasteiger partial charge in [0.2, 0.25) is 5.91 Å². The molecule has 0 saturated carbocycles. The number of Topliss-reactive ketones (excluding diaryl/α,β-unsaturated/α-hetero) is 2. The summed E-state index contributed by atoms with van der Waals surface area (Å²) in [5.74, 6) is -4.90. The molecule has 2 fully saturated rings. The Bertz CT molecular complexity index is 5500. The Morgan fingerprint density at radius 3 is 0.793 bits per heavy atom. The van der Waals surface area contributed by atoms with Gasteiger partial charge in [-0.1, -0.05) is 334 Å². The molecule has 0 spiro atoms. The molecule has 2 heterocycles. The van der Waals surface area contributed by atoms with Crippen molar-refractivity contribution in [2.24, 2.45) is 23.3 Å². The maximum atomic E-state index is 13.5. The van der Waals surface area contributed by atoms with Crippen LogP contribution in [0.4, 0.5) is 0 Å². The molecule has 2 saturated heterocycles. The van der Waals surface area contributed by atoms with Gasteiger partial charge in [0.25, 0.3) is 17.7 Å². The van der Waals surface area contributed by atoms with Gasteiger partial charge >= 0.3 is 75.3 Å². The van der Waals surface area contributed by atoms with E-state index in [0.717, 1.165) is 73.2 Å². The molecule has 12 N–H and O–H groups in total. The third kappa shape index (κ3) is 38.8. The van der Waals surface area contributed by atoms with Crippen molar-refractivity contribution in [2.45, 2.75) is 142 Å². The van der Waals surface area contributed by atoms with Gasteiger partial charge in [-0.2, -0.15) is 0 Å². The number of nitrogens with zero attached hydrogens (tertiary/aromatic N) is 2. The van der Waals surface area contributed by atoms with Crippen LogP contribution in [-0.4, -0.2) is 140 Å². The zero-order chi connectivity index (χ0) is 96.1. The molecule has 135 heavy (non-hydrogen) atoms. The van der Waals surface area contributed by atoms with E-state index in [1.54, 1.807) is 62.4 Å². The van der Waals surface area contributed by atoms with Gasteiger partial charge in [-0.3, -0.25) is 33.6 Å². The largest absolute Gasteiger partial charge is 1.00 e. The monoisotopic (exact) mass is 1850 g/mol. The fourth-order valence-corrected chi connectivity index (χ4v) is 13.5. The van der Waals surface area contributed by atoms with Crippen molar-refractivity contribution in [3.8, 4) is 44.5 Å². The molecule has 0 aromatic heterocycles. The number of nitrogens with two attached hydrogens (primary N) is 2. The Kier molecular flexibility index (Phi) is 49.6. The van der Waals surface area contributed by atoms with Crippen LogP contribution in [0.2, 0.25) is 0 Å². The number of amides is 4. The summed E-state index contributed by atoms with van der Waals surface area (Å²) in [4.78, 5) is 134. The number of carbonyl (C=O) groups excluding carboxylic acids is 6. The predicted octanol–water partition coefficient (Wildman–Crippen LogP) is 15.0. The van der Waals surface area contributed by atoms with E-state index < -0.39 is 77.1 Å². The molecule has 2 aliphatic heterocycles. The Labute approximate surface area is 832 Å². The first-order valence-electron chi connectivity index (χ1n) is 42.6. The molecule has 0 unspecified atom stereocenters. The van der Waals surface area contributed by atoms with E-state index >= 15 is 0 Å². The minimum Gasteiger partial charge on any atom is -1.00 e. The van der Waals surface area contributed by atoms with Crippen molar-refractivity contribution in [3.63, 3.8) is 0 Å². The molecular weight excluding hydrogens is 1740 g/mol. The van der Waals surface area contributed by atoms with E-state index in [2.05, 4.69) is 35.1 Å². The van der Waals surface area contributed by atoms with Crippen molar-refractivity contribution in [2.75, 3.05) is 13.2 Å². The number of hydrogen-bond donors (Lipinski definition) is 10. The topological polar surface area (TPSA) is 459 Å². The molecular formula is C108H119KN8O18. The second kappa shape index (κ2) is 59.0. The molecule has 0 aliphatic carbocycles. The minimum atomic E-state index is -1.05. The van der Waals surface area contributed by atoms with E-state index in [-0.39, 0.29) is 116 Å². The third-order valence-electron chi connectivity index (χ3n) is 20.9. The number of aromatic carboxylic acids is 1. The van der Waals surface area contributed by atoms with E-state index in [4.69, 9.17) is 51.9 Å². The van der Waals surface area contributed by atoms with Gasteiger partial charge in [0.05, 0.1) is 30.9 Å². The van der Waals surface area contributed by atoms with Crippen LogP contribution in [0.5, 0.6) is 0 Å². The predicted molar refractivity (Wildman–Crippen MR) is 522 cm³/mol. The summed E-state index contributed by atoms with van der Waals surface area (Å²) in [5, 5.41) is 59.1. The van der Waals surface area contributed by atoms with Crippen LogP contribution < -0.4 is 84.1 Å². The summed E-state index contributed by atoms with van der Waals surface area (Å²) in [7, 11) is 0. The standard InChI is InChI=1S/C31H34N2O4.2C22H19NO3.C13H10O2.C9H17NO2.C9H11NO2.2CH4.K.N2.O2.H/c1-21(2)18-26(28(34)31(3)20-37-31)32-30(36)27(19-22-10-6-4-7-11-22)33-29(35)25-16-14-24(15-17-25)23-12-8-5-9-13-23;2*24-21(23-20(22(25)26)15-16-7-3-1-4-8-16)19-13-11-18(12-14-19)17-9-5-2-6-10-17;14-13(15)12-8-6-11(7-9-12)10-4-2-1-3-5-10;1-6(2)4-7(10)8(11)9(3)5-12-9;10-8(9(11)12)6-7-4-2-1-3-5-7;;;;2*1-2;/h4-17,21,26-27H,18-20H2,1-3H3,(H,32,36)(H,33,35);2*1-14,20H,15H2,(H,23,24)(H,25,26);1-9H,(H,14,15);6-7H,4-5,10H2,1-3H3;1-5,8H,6,10H2,(H,11,12);2*1H4;;;;/q;;;;;;;;+1;;;-1/t26-,27-,31+;2*20-;;7-,9+;8-;;;;;;/m000.00....../s1. The summed E-state index contributed by atoms with van der Waals surface area (Å²) in [6.45, 7) is 12.6. The molecule has 2 aliphatic rings. The first kappa shape index (κ1) is 114. The number of ketones is 2. The van der Waals surface area contributed by atoms with Crippen LogP contribution in [0.3, 0.4) is 0 Å². The average Bonchev–Trinajstić information content (AvgIpc) is 1.65. The summed E-state index contributed by atoms with van der Waals surface area (Å²) in [6.07, 6.45) is 2.41. The van der Waals surface area contributed by atoms with Crippen LogP contribution >= 0.6 is 0 Å². The number of hydrogen-bond acceptors (Lipinski definition) is 18. The number of ether oxygens (including phenoxy) is 2. The van der Waals surface area contributed by atoms with Crippen LogP contribution in [0.15, 0.2) is 340 Å². The van der Waals surface area contributed by atoms with Gasteiger partial charge < -0.3 is 64.1 Å². The molecule has 12 aromatic rings. The third-order valence-corrected chi connectivity index (χ3v) is 20.9. The molecule has 0 radical (unpaired) electrons. The van der Waals surface area contributed by atoms with Crippen molar-refractivity contribution < 1.29 is 131 Å². The van der Waals surface area contributed by atoms with Gasteiger partial charge in [-0.25, -0.2) is 14.4 Å². The van der Waals surface area contributed by atoms with E-state index in [1.807, 2.05) is 305 Å². The van der Waals surface area contributed by atoms with Gasteiger partial charge in [0, 0.05) is 56.7 Å². The molecule has 27 heteroatoms. The maximum absolute atomic E-state index is 13.5. The van der Waals surface area contributed by atoms with E-state index in [1.165, 1.54) is 0 Å². The maximum Gasteiger partial charge on any atom is 1.00 e. The summed E-state index contributed by atoms with van der Waals surface area (Å²) >= 11 is 0. The van der Waals surface area contributed by atoms with E-state index in [0.29, 0.717) is 60.6 Å². The van der Waals surface area contributed by atoms with Crippen LogP contribution in [0.25, 0.3) is 44.5 Å². The van der Waals surface area contributed by atoms with Gasteiger partial charge in [-0.05, 0) is 160 Å². The molecule has 0 bridgehead atoms. The first-order valence-corrected chi connectivity index (χ1v) is 42.6. The Balaban J connectivity index is 0.000000433. The van der Waals surface area contributed by atoms with Crippen LogP contribution in [0, 0.1) is 32.6 Å².